The van der Waals surface area contributed by atoms with Gasteiger partial charge in [0.2, 0.25) is 5.91 Å². The van der Waals surface area contributed by atoms with E-state index < -0.39 is 0 Å². The van der Waals surface area contributed by atoms with Crippen molar-refractivity contribution in [3.05, 3.63) is 12.2 Å². The lowest BCUT2D eigenvalue weighted by molar-refractivity contribution is -0.133. The van der Waals surface area contributed by atoms with Crippen molar-refractivity contribution < 1.29 is 9.53 Å². The van der Waals surface area contributed by atoms with Crippen LogP contribution in [0.1, 0.15) is 13.8 Å². The maximum Gasteiger partial charge on any atom is 0.246 e. The molecule has 1 fully saturated rings. The molecule has 0 bridgehead atoms. The summed E-state index contributed by atoms with van der Waals surface area (Å²) in [6, 6.07) is 0.211. The number of carbonyl (C=O) groups is 1. The molecule has 12 heavy (non-hydrogen) atoms. The van der Waals surface area contributed by atoms with Crippen molar-refractivity contribution in [1.29, 1.82) is 0 Å². The van der Waals surface area contributed by atoms with E-state index in [1.54, 1.807) is 12.2 Å². The quantitative estimate of drug-likeness (QED) is 0.544. The Hall–Kier alpha value is -0.830. The molecule has 0 aromatic rings. The molecule has 0 radical (unpaired) electrons. The lowest BCUT2D eigenvalue weighted by Crippen LogP contribution is -2.46. The van der Waals surface area contributed by atoms with Crippen LogP contribution in [0.15, 0.2) is 12.2 Å². The van der Waals surface area contributed by atoms with Gasteiger partial charge in [0.1, 0.15) is 0 Å². The van der Waals surface area contributed by atoms with Crippen LogP contribution < -0.4 is 0 Å². The van der Waals surface area contributed by atoms with Gasteiger partial charge in [-0.3, -0.25) is 4.79 Å². The van der Waals surface area contributed by atoms with E-state index in [9.17, 15) is 4.79 Å². The van der Waals surface area contributed by atoms with Gasteiger partial charge in [0, 0.05) is 6.54 Å². The summed E-state index contributed by atoms with van der Waals surface area (Å²) in [5, 5.41) is 0. The monoisotopic (exact) mass is 169 g/mol. The van der Waals surface area contributed by atoms with Crippen molar-refractivity contribution in [1.82, 2.24) is 4.90 Å². The highest BCUT2D eigenvalue weighted by Gasteiger charge is 2.21. The molecule has 1 amide bonds. The van der Waals surface area contributed by atoms with Crippen LogP contribution in [0.4, 0.5) is 0 Å². The van der Waals surface area contributed by atoms with E-state index in [0.717, 1.165) is 0 Å². The number of amides is 1. The normalized spacial score (nSPS) is 24.8. The van der Waals surface area contributed by atoms with E-state index in [1.807, 2.05) is 18.7 Å². The molecule has 1 unspecified atom stereocenters. The van der Waals surface area contributed by atoms with Crippen molar-refractivity contribution in [2.45, 2.75) is 19.9 Å². The van der Waals surface area contributed by atoms with Gasteiger partial charge in [-0.05, 0) is 19.9 Å². The first-order valence-corrected chi connectivity index (χ1v) is 4.26. The molecule has 1 rings (SSSR count). The van der Waals surface area contributed by atoms with Gasteiger partial charge < -0.3 is 9.64 Å². The molecule has 3 heteroatoms. The van der Waals surface area contributed by atoms with Gasteiger partial charge in [-0.1, -0.05) is 6.08 Å². The first-order valence-electron chi connectivity index (χ1n) is 4.26. The number of nitrogens with zero attached hydrogens (tertiary/aromatic N) is 1. The van der Waals surface area contributed by atoms with E-state index in [2.05, 4.69) is 0 Å². The molecule has 1 heterocycles. The third-order valence-corrected chi connectivity index (χ3v) is 1.96. The molecule has 0 spiro atoms. The van der Waals surface area contributed by atoms with Crippen LogP contribution >= 0.6 is 0 Å². The Morgan fingerprint density at radius 2 is 2.42 bits per heavy atom. The summed E-state index contributed by atoms with van der Waals surface area (Å²) >= 11 is 0. The maximum absolute atomic E-state index is 11.4. The van der Waals surface area contributed by atoms with Gasteiger partial charge in [-0.2, -0.15) is 0 Å². The van der Waals surface area contributed by atoms with Gasteiger partial charge in [0.25, 0.3) is 0 Å². The predicted molar refractivity (Wildman–Crippen MR) is 46.8 cm³/mol. The Morgan fingerprint density at radius 1 is 1.67 bits per heavy atom. The second kappa shape index (κ2) is 4.26. The highest BCUT2D eigenvalue weighted by atomic mass is 16.5. The predicted octanol–water partition coefficient (Wildman–Crippen LogP) is 0.810. The minimum atomic E-state index is 0.0910. The van der Waals surface area contributed by atoms with Gasteiger partial charge in [0.15, 0.2) is 0 Å². The van der Waals surface area contributed by atoms with E-state index in [1.165, 1.54) is 0 Å². The standard InChI is InChI=1S/C9H15NO2/c1-3-4-9(11)10-5-6-12-7-8(10)2/h3-4,8H,5-7H2,1-2H3. The molecule has 68 valence electrons. The smallest absolute Gasteiger partial charge is 0.246 e. The molecule has 0 saturated carbocycles. The fourth-order valence-electron chi connectivity index (χ4n) is 1.29. The number of hydrogen-bond acceptors (Lipinski definition) is 2. The van der Waals surface area contributed by atoms with Crippen LogP contribution in [0.5, 0.6) is 0 Å². The zero-order chi connectivity index (χ0) is 8.97. The summed E-state index contributed by atoms with van der Waals surface area (Å²) in [5.41, 5.74) is 0. The Morgan fingerprint density at radius 3 is 3.00 bits per heavy atom. The Labute approximate surface area is 73.0 Å². The molecule has 3 nitrogen and oxygen atoms in total. The summed E-state index contributed by atoms with van der Waals surface area (Å²) in [5.74, 6) is 0.0910. The average Bonchev–Trinajstić information content (AvgIpc) is 2.05. The van der Waals surface area contributed by atoms with Crippen molar-refractivity contribution in [2.75, 3.05) is 19.8 Å². The lowest BCUT2D eigenvalue weighted by atomic mass is 10.2. The molecule has 1 saturated heterocycles. The summed E-state index contributed by atoms with van der Waals surface area (Å²) < 4.78 is 5.22. The van der Waals surface area contributed by atoms with Gasteiger partial charge in [-0.15, -0.1) is 0 Å². The lowest BCUT2D eigenvalue weighted by Gasteiger charge is -2.32. The Bertz CT molecular complexity index is 189. The fourth-order valence-corrected chi connectivity index (χ4v) is 1.29. The second-order valence-corrected chi connectivity index (χ2v) is 2.96. The molecule has 0 aromatic heterocycles. The summed E-state index contributed by atoms with van der Waals surface area (Å²) in [6.07, 6.45) is 3.37. The summed E-state index contributed by atoms with van der Waals surface area (Å²) in [6.45, 7) is 5.88. The molecule has 1 aliphatic heterocycles. The first-order chi connectivity index (χ1) is 5.75. The molecule has 0 aliphatic carbocycles. The molecule has 0 N–H and O–H groups in total. The third kappa shape index (κ3) is 2.08. The topological polar surface area (TPSA) is 29.5 Å². The largest absolute Gasteiger partial charge is 0.377 e. The highest BCUT2D eigenvalue weighted by molar-refractivity contribution is 5.87. The van der Waals surface area contributed by atoms with Gasteiger partial charge in [0.05, 0.1) is 19.3 Å². The Kier molecular flexibility index (Phi) is 3.29. The number of allylic oxidation sites excluding steroid dienone is 1. The second-order valence-electron chi connectivity index (χ2n) is 2.96. The van der Waals surface area contributed by atoms with Crippen LogP contribution in [0.2, 0.25) is 0 Å². The zero-order valence-electron chi connectivity index (χ0n) is 7.62. The Balaban J connectivity index is 2.53. The van der Waals surface area contributed by atoms with E-state index in [0.29, 0.717) is 19.8 Å². The minimum Gasteiger partial charge on any atom is -0.377 e. The number of ether oxygens (including phenoxy) is 1. The van der Waals surface area contributed by atoms with Gasteiger partial charge in [-0.25, -0.2) is 0 Å². The molecular weight excluding hydrogens is 154 g/mol. The fraction of sp³-hybridized carbons (Fsp3) is 0.667. The van der Waals surface area contributed by atoms with E-state index in [4.69, 9.17) is 4.74 Å². The number of morpholine rings is 1. The van der Waals surface area contributed by atoms with E-state index in [-0.39, 0.29) is 11.9 Å². The summed E-state index contributed by atoms with van der Waals surface area (Å²) in [4.78, 5) is 13.2. The molecule has 1 aliphatic rings. The molecule has 1 atom stereocenters. The van der Waals surface area contributed by atoms with Crippen LogP contribution in [0, 0.1) is 0 Å². The SMILES string of the molecule is CC=CC(=O)N1CCOCC1C. The molecule has 0 aromatic carbocycles. The van der Waals surface area contributed by atoms with Crippen LogP contribution in [0.3, 0.4) is 0 Å². The van der Waals surface area contributed by atoms with Crippen LogP contribution in [-0.2, 0) is 9.53 Å². The minimum absolute atomic E-state index is 0.0910. The zero-order valence-corrected chi connectivity index (χ0v) is 7.62. The average molecular weight is 169 g/mol. The molecular formula is C9H15NO2. The van der Waals surface area contributed by atoms with Crippen LogP contribution in [0.25, 0.3) is 0 Å². The number of carbonyl (C=O) groups excluding carboxylic acids is 1. The maximum atomic E-state index is 11.4. The van der Waals surface area contributed by atoms with E-state index >= 15 is 0 Å². The first kappa shape index (κ1) is 9.26. The van der Waals surface area contributed by atoms with Crippen LogP contribution in [-0.4, -0.2) is 36.6 Å². The summed E-state index contributed by atoms with van der Waals surface area (Å²) in [7, 11) is 0. The third-order valence-electron chi connectivity index (χ3n) is 1.96. The van der Waals surface area contributed by atoms with Crippen molar-refractivity contribution >= 4 is 5.91 Å². The number of rotatable bonds is 1. The highest BCUT2D eigenvalue weighted by Crippen LogP contribution is 2.06. The number of hydrogen-bond donors (Lipinski definition) is 0. The van der Waals surface area contributed by atoms with Crippen molar-refractivity contribution in [3.8, 4) is 0 Å². The van der Waals surface area contributed by atoms with Crippen molar-refractivity contribution in [3.63, 3.8) is 0 Å². The van der Waals surface area contributed by atoms with Gasteiger partial charge >= 0.3 is 0 Å². The van der Waals surface area contributed by atoms with Crippen molar-refractivity contribution in [2.24, 2.45) is 0 Å².